The van der Waals surface area contributed by atoms with Gasteiger partial charge in [0.2, 0.25) is 0 Å². The molecule has 0 bridgehead atoms. The molecule has 4 rings (SSSR count). The number of carbonyl (C=O) groups excluding carboxylic acids is 1. The molecule has 0 atom stereocenters. The van der Waals surface area contributed by atoms with Crippen LogP contribution in [0.3, 0.4) is 0 Å². The topological polar surface area (TPSA) is 84.7 Å². The third-order valence-electron chi connectivity index (χ3n) is 6.23. The van der Waals surface area contributed by atoms with Gasteiger partial charge in [-0.1, -0.05) is 17.7 Å². The second kappa shape index (κ2) is 11.3. The molecule has 11 heteroatoms. The Balaban J connectivity index is 0.000000532. The van der Waals surface area contributed by atoms with Crippen molar-refractivity contribution in [2.75, 3.05) is 14.2 Å². The molecule has 1 amide bonds. The van der Waals surface area contributed by atoms with Gasteiger partial charge in [0.05, 0.1) is 17.7 Å². The molecule has 1 aliphatic rings. The van der Waals surface area contributed by atoms with E-state index in [0.717, 1.165) is 39.6 Å². The number of allylic oxidation sites excluding steroid dienone is 1. The number of aromatic nitrogens is 2. The maximum atomic E-state index is 13.5. The Bertz CT molecular complexity index is 1400. The Morgan fingerprint density at radius 3 is 2.33 bits per heavy atom. The van der Waals surface area contributed by atoms with Crippen LogP contribution < -0.4 is 4.74 Å². The van der Waals surface area contributed by atoms with Gasteiger partial charge in [0.25, 0.3) is 5.91 Å². The molecule has 1 N–H and O–H groups in total. The highest BCUT2D eigenvalue weighted by Gasteiger charge is 2.38. The number of aliphatic carboxylic acids is 1. The first kappa shape index (κ1) is 29.9. The van der Waals surface area contributed by atoms with Crippen molar-refractivity contribution in [2.24, 2.45) is 0 Å². The monoisotopic (exact) mass is 563 g/mol. The molecule has 39 heavy (non-hydrogen) atoms. The quantitative estimate of drug-likeness (QED) is 0.379. The Labute approximate surface area is 229 Å². The van der Waals surface area contributed by atoms with E-state index in [9.17, 15) is 18.0 Å². The van der Waals surface area contributed by atoms with Crippen LogP contribution in [0.25, 0.3) is 27.9 Å². The van der Waals surface area contributed by atoms with Crippen molar-refractivity contribution < 1.29 is 32.6 Å². The Hall–Kier alpha value is -3.60. The fourth-order valence-corrected chi connectivity index (χ4v) is 4.76. The summed E-state index contributed by atoms with van der Waals surface area (Å²) in [5.41, 5.74) is 6.19. The zero-order chi connectivity index (χ0) is 29.3. The van der Waals surface area contributed by atoms with Gasteiger partial charge in [-0.05, 0) is 70.2 Å². The Morgan fingerprint density at radius 1 is 1.21 bits per heavy atom. The van der Waals surface area contributed by atoms with Crippen LogP contribution in [0.5, 0.6) is 5.75 Å². The number of fused-ring (bicyclic) bond motifs is 3. The van der Waals surface area contributed by atoms with E-state index in [2.05, 4.69) is 48.1 Å². The molecule has 0 unspecified atom stereocenters. The van der Waals surface area contributed by atoms with E-state index in [1.54, 1.807) is 23.3 Å². The van der Waals surface area contributed by atoms with Gasteiger partial charge < -0.3 is 19.3 Å². The summed E-state index contributed by atoms with van der Waals surface area (Å²) in [5, 5.41) is 9.18. The number of ether oxygens (including phenoxy) is 1. The molecular formula is C28H32F3N3O4S. The average Bonchev–Trinajstić information content (AvgIpc) is 3.49. The predicted octanol–water partition coefficient (Wildman–Crippen LogP) is 6.77. The minimum Gasteiger partial charge on any atom is -0.496 e. The maximum Gasteiger partial charge on any atom is 0.490 e. The molecule has 3 aromatic rings. The highest BCUT2D eigenvalue weighted by Crippen LogP contribution is 2.42. The predicted molar refractivity (Wildman–Crippen MR) is 146 cm³/mol. The normalized spacial score (nSPS) is 12.5. The first-order chi connectivity index (χ1) is 18.1. The lowest BCUT2D eigenvalue weighted by atomic mass is 9.93. The minimum atomic E-state index is -5.08. The third-order valence-corrected chi connectivity index (χ3v) is 7.10. The molecule has 3 heterocycles. The van der Waals surface area contributed by atoms with Crippen LogP contribution in [-0.2, 0) is 17.8 Å². The number of hydrogen-bond acceptors (Lipinski definition) is 5. The number of amides is 1. The Kier molecular flexibility index (Phi) is 8.64. The van der Waals surface area contributed by atoms with Crippen LogP contribution in [-0.4, -0.2) is 57.3 Å². The zero-order valence-electron chi connectivity index (χ0n) is 22.9. The summed E-state index contributed by atoms with van der Waals surface area (Å²) in [6.07, 6.45) is -2.12. The smallest absolute Gasteiger partial charge is 0.490 e. The van der Waals surface area contributed by atoms with E-state index >= 15 is 0 Å². The molecule has 0 fully saturated rings. The summed E-state index contributed by atoms with van der Waals surface area (Å²) in [4.78, 5) is 30.2. The van der Waals surface area contributed by atoms with Gasteiger partial charge in [-0.2, -0.15) is 13.2 Å². The summed E-state index contributed by atoms with van der Waals surface area (Å²) in [5.74, 6) is -1.43. The highest BCUT2D eigenvalue weighted by atomic mass is 32.1. The number of carboxylic acids is 1. The number of nitrogens with zero attached hydrogens (tertiary/aromatic N) is 3. The molecular weight excluding hydrogens is 531 g/mol. The van der Waals surface area contributed by atoms with Crippen LogP contribution in [0.2, 0.25) is 0 Å². The lowest BCUT2D eigenvalue weighted by molar-refractivity contribution is -0.192. The van der Waals surface area contributed by atoms with E-state index in [4.69, 9.17) is 19.6 Å². The molecule has 7 nitrogen and oxygen atoms in total. The fraction of sp³-hybridized carbons (Fsp3) is 0.393. The van der Waals surface area contributed by atoms with Gasteiger partial charge in [0.15, 0.2) is 5.82 Å². The number of benzene rings is 1. The van der Waals surface area contributed by atoms with Crippen molar-refractivity contribution in [3.05, 3.63) is 52.2 Å². The molecule has 210 valence electrons. The number of alkyl halides is 3. The number of carbonyl (C=O) groups is 2. The van der Waals surface area contributed by atoms with Crippen molar-refractivity contribution in [1.29, 1.82) is 0 Å². The second-order valence-electron chi connectivity index (χ2n) is 10.3. The van der Waals surface area contributed by atoms with Crippen molar-refractivity contribution >= 4 is 29.3 Å². The van der Waals surface area contributed by atoms with Crippen molar-refractivity contribution in [3.8, 4) is 27.6 Å². The molecule has 0 radical (unpaired) electrons. The van der Waals surface area contributed by atoms with Gasteiger partial charge in [-0.3, -0.25) is 4.79 Å². The lowest BCUT2D eigenvalue weighted by Crippen LogP contribution is -2.43. The van der Waals surface area contributed by atoms with E-state index < -0.39 is 12.1 Å². The lowest BCUT2D eigenvalue weighted by Gasteiger charge is -2.32. The minimum absolute atomic E-state index is 0.0527. The first-order valence-corrected chi connectivity index (χ1v) is 13.0. The standard InChI is InChI=1S/C26H31N3O2S.C2HF3O2/c1-16(2)13-18-14-19-17(15-20(18)31-7)10-11-29-23(19)22(21-9-8-12-32-21)27-24(29)25(30)28(6)26(3,4)5;3-2(4,5)1(6)7/h8-9,12-15H,10-11H2,1-7H3;(H,6,7). The number of rotatable bonds is 4. The summed E-state index contributed by atoms with van der Waals surface area (Å²) >= 11 is 1.65. The maximum absolute atomic E-state index is 13.5. The molecule has 0 spiro atoms. The number of imidazole rings is 1. The van der Waals surface area contributed by atoms with Crippen LogP contribution in [0, 0.1) is 0 Å². The number of halogens is 3. The molecule has 0 saturated heterocycles. The molecule has 0 aliphatic carbocycles. The largest absolute Gasteiger partial charge is 0.496 e. The zero-order valence-corrected chi connectivity index (χ0v) is 23.8. The summed E-state index contributed by atoms with van der Waals surface area (Å²) < 4.78 is 39.5. The summed E-state index contributed by atoms with van der Waals surface area (Å²) in [7, 11) is 3.57. The van der Waals surface area contributed by atoms with E-state index in [1.165, 1.54) is 11.1 Å². The molecule has 2 aromatic heterocycles. The Morgan fingerprint density at radius 2 is 1.85 bits per heavy atom. The fourth-order valence-electron chi connectivity index (χ4n) is 4.05. The van der Waals surface area contributed by atoms with Crippen molar-refractivity contribution in [2.45, 2.75) is 59.3 Å². The SMILES string of the molecule is COc1cc2c(cc1C=C(C)C)-c1c(-c3cccs3)nc(C(=O)N(C)C(C)(C)C)n1CC2.O=C(O)C(F)(F)F. The summed E-state index contributed by atoms with van der Waals surface area (Å²) in [6, 6.07) is 8.43. The van der Waals surface area contributed by atoms with Crippen molar-refractivity contribution in [3.63, 3.8) is 0 Å². The van der Waals surface area contributed by atoms with Crippen LogP contribution in [0.1, 0.15) is 56.4 Å². The van der Waals surface area contributed by atoms with Gasteiger partial charge in [0.1, 0.15) is 11.4 Å². The second-order valence-corrected chi connectivity index (χ2v) is 11.3. The number of methoxy groups -OCH3 is 1. The van der Waals surface area contributed by atoms with Crippen molar-refractivity contribution in [1.82, 2.24) is 14.5 Å². The molecule has 0 saturated carbocycles. The van der Waals surface area contributed by atoms with Crippen LogP contribution in [0.4, 0.5) is 13.2 Å². The highest BCUT2D eigenvalue weighted by molar-refractivity contribution is 7.13. The van der Waals surface area contributed by atoms with Gasteiger partial charge in [-0.25, -0.2) is 9.78 Å². The van der Waals surface area contributed by atoms with Crippen LogP contribution >= 0.6 is 11.3 Å². The number of aryl methyl sites for hydroxylation is 1. The average molecular weight is 564 g/mol. The first-order valence-electron chi connectivity index (χ1n) is 12.1. The van der Waals surface area contributed by atoms with Crippen LogP contribution in [0.15, 0.2) is 35.2 Å². The van der Waals surface area contributed by atoms with Gasteiger partial charge >= 0.3 is 12.1 Å². The number of hydrogen-bond donors (Lipinski definition) is 1. The number of thiophene rings is 1. The number of carboxylic acid groups (broad SMARTS) is 1. The molecule has 1 aliphatic heterocycles. The van der Waals surface area contributed by atoms with E-state index in [-0.39, 0.29) is 11.4 Å². The van der Waals surface area contributed by atoms with E-state index in [0.29, 0.717) is 12.4 Å². The summed E-state index contributed by atoms with van der Waals surface area (Å²) in [6.45, 7) is 11.0. The molecule has 1 aromatic carbocycles. The third kappa shape index (κ3) is 6.52. The van der Waals surface area contributed by atoms with E-state index in [1.807, 2.05) is 33.9 Å². The van der Waals surface area contributed by atoms with Gasteiger partial charge in [-0.15, -0.1) is 11.3 Å². The van der Waals surface area contributed by atoms with Gasteiger partial charge in [0, 0.05) is 30.3 Å².